The fourth-order valence-corrected chi connectivity index (χ4v) is 7.51. The Labute approximate surface area is 361 Å². The van der Waals surface area contributed by atoms with Crippen LogP contribution in [0.3, 0.4) is 0 Å². The van der Waals surface area contributed by atoms with Crippen LogP contribution in [0.25, 0.3) is 0 Å². The van der Waals surface area contributed by atoms with Gasteiger partial charge in [-0.1, -0.05) is 175 Å². The molecule has 0 saturated carbocycles. The van der Waals surface area contributed by atoms with Crippen LogP contribution >= 0.6 is 0 Å². The molecule has 0 heterocycles. The van der Waals surface area contributed by atoms with Gasteiger partial charge in [0.05, 0.1) is 31.8 Å². The molecule has 0 saturated heterocycles. The van der Waals surface area contributed by atoms with Crippen LogP contribution in [0.4, 0.5) is 0 Å². The quantitative estimate of drug-likeness (QED) is 0.0372. The lowest BCUT2D eigenvalue weighted by Crippen LogP contribution is -2.42. The summed E-state index contributed by atoms with van der Waals surface area (Å²) in [4.78, 5) is 15.4. The lowest BCUT2D eigenvalue weighted by atomic mass is 9.92. The monoisotopic (exact) mass is 824 g/mol. The van der Waals surface area contributed by atoms with E-state index >= 15 is 0 Å². The maximum Gasteiger partial charge on any atom is 0.305 e. The van der Waals surface area contributed by atoms with Crippen LogP contribution in [0.15, 0.2) is 12.2 Å². The highest BCUT2D eigenvalue weighted by Crippen LogP contribution is 2.23. The fraction of sp³-hybridized carbons (Fsp3) is 0.941. The molecule has 0 aliphatic carbocycles. The molecule has 0 aromatic heterocycles. The van der Waals surface area contributed by atoms with Crippen molar-refractivity contribution >= 4 is 5.97 Å². The second-order valence-corrected chi connectivity index (χ2v) is 17.5. The molecule has 0 fully saturated rings. The molecule has 346 valence electrons. The number of hydrogen-bond donors (Lipinski definition) is 1. The van der Waals surface area contributed by atoms with E-state index < -0.39 is 5.41 Å². The molecular formula is C51H101NO6. The molecule has 7 nitrogen and oxygen atoms in total. The molecule has 0 aromatic carbocycles. The van der Waals surface area contributed by atoms with Crippen LogP contribution in [-0.2, 0) is 23.7 Å². The number of carbonyl (C=O) groups excluding carboxylic acids is 1. The lowest BCUT2D eigenvalue weighted by molar-refractivity contribution is -0.156. The molecule has 0 aliphatic heterocycles. The number of nitrogens with zero attached hydrogens (tertiary/aromatic N) is 1. The van der Waals surface area contributed by atoms with Crippen molar-refractivity contribution in [3.8, 4) is 0 Å². The predicted octanol–water partition coefficient (Wildman–Crippen LogP) is 14.0. The average Bonchev–Trinajstić information content (AvgIpc) is 3.23. The summed E-state index contributed by atoms with van der Waals surface area (Å²) in [6.07, 6.45) is 43.2. The number of aliphatic hydroxyl groups is 1. The summed E-state index contributed by atoms with van der Waals surface area (Å²) in [6, 6.07) is 0. The number of carbonyl (C=O) groups is 1. The third-order valence-corrected chi connectivity index (χ3v) is 11.4. The second kappa shape index (κ2) is 47.1. The van der Waals surface area contributed by atoms with E-state index in [0.717, 1.165) is 90.8 Å². The van der Waals surface area contributed by atoms with Gasteiger partial charge in [0, 0.05) is 32.8 Å². The number of esters is 1. The van der Waals surface area contributed by atoms with Gasteiger partial charge in [0.25, 0.3) is 0 Å². The molecule has 7 heteroatoms. The van der Waals surface area contributed by atoms with Crippen LogP contribution in [0, 0.1) is 5.41 Å². The Morgan fingerprint density at radius 3 is 1.24 bits per heavy atom. The van der Waals surface area contributed by atoms with Crippen molar-refractivity contribution in [3.63, 3.8) is 0 Å². The van der Waals surface area contributed by atoms with Gasteiger partial charge in [0.2, 0.25) is 0 Å². The number of unbranched alkanes of at least 4 members (excludes halogenated alkanes) is 25. The van der Waals surface area contributed by atoms with Crippen molar-refractivity contribution in [1.29, 1.82) is 0 Å². The highest BCUT2D eigenvalue weighted by molar-refractivity contribution is 5.69. The average molecular weight is 824 g/mol. The molecule has 58 heavy (non-hydrogen) atoms. The zero-order valence-electron chi connectivity index (χ0n) is 39.5. The Morgan fingerprint density at radius 1 is 0.448 bits per heavy atom. The molecular weight excluding hydrogens is 723 g/mol. The molecule has 1 N–H and O–H groups in total. The molecule has 0 aliphatic rings. The van der Waals surface area contributed by atoms with Gasteiger partial charge in [-0.05, 0) is 77.3 Å². The van der Waals surface area contributed by atoms with Crippen molar-refractivity contribution in [1.82, 2.24) is 4.90 Å². The van der Waals surface area contributed by atoms with Gasteiger partial charge >= 0.3 is 5.97 Å². The lowest BCUT2D eigenvalue weighted by Gasteiger charge is -2.33. The first kappa shape index (κ1) is 57.0. The number of ether oxygens (including phenoxy) is 4. The van der Waals surface area contributed by atoms with Gasteiger partial charge in [-0.15, -0.1) is 0 Å². The van der Waals surface area contributed by atoms with Gasteiger partial charge < -0.3 is 29.0 Å². The van der Waals surface area contributed by atoms with Gasteiger partial charge in [-0.3, -0.25) is 4.79 Å². The molecule has 0 rings (SSSR count). The minimum absolute atomic E-state index is 0.121. The van der Waals surface area contributed by atoms with Crippen molar-refractivity contribution in [2.45, 2.75) is 233 Å². The zero-order chi connectivity index (χ0) is 42.3. The molecule has 0 radical (unpaired) electrons. The Kier molecular flexibility index (Phi) is 46.3. The Hall–Kier alpha value is -0.990. The van der Waals surface area contributed by atoms with E-state index in [-0.39, 0.29) is 19.2 Å². The van der Waals surface area contributed by atoms with E-state index in [2.05, 4.69) is 44.7 Å². The van der Waals surface area contributed by atoms with Gasteiger partial charge in [-0.25, -0.2) is 0 Å². The minimum atomic E-state index is -0.485. The number of allylic oxidation sites excluding steroid dienone is 2. The Balaban J connectivity index is 4.43. The molecule has 0 bridgehead atoms. The van der Waals surface area contributed by atoms with Crippen molar-refractivity contribution in [2.75, 3.05) is 72.5 Å². The fourth-order valence-electron chi connectivity index (χ4n) is 7.51. The molecule has 0 unspecified atom stereocenters. The summed E-state index contributed by atoms with van der Waals surface area (Å²) in [7, 11) is 0. The summed E-state index contributed by atoms with van der Waals surface area (Å²) in [5, 5.41) is 9.63. The number of aliphatic hydroxyl groups excluding tert-OH is 1. The van der Waals surface area contributed by atoms with Crippen LogP contribution in [0.2, 0.25) is 0 Å². The smallest absolute Gasteiger partial charge is 0.305 e. The summed E-state index contributed by atoms with van der Waals surface area (Å²) in [6.45, 7) is 16.0. The van der Waals surface area contributed by atoms with Crippen LogP contribution in [0.5, 0.6) is 0 Å². The van der Waals surface area contributed by atoms with E-state index in [1.165, 1.54) is 148 Å². The highest BCUT2D eigenvalue weighted by atomic mass is 16.5. The topological polar surface area (TPSA) is 77.5 Å². The third-order valence-electron chi connectivity index (χ3n) is 11.4. The zero-order valence-corrected chi connectivity index (χ0v) is 39.5. The third kappa shape index (κ3) is 40.4. The second-order valence-electron chi connectivity index (χ2n) is 17.5. The Morgan fingerprint density at radius 2 is 0.810 bits per heavy atom. The largest absolute Gasteiger partial charge is 0.465 e. The first-order valence-corrected chi connectivity index (χ1v) is 25.4. The first-order valence-electron chi connectivity index (χ1n) is 25.4. The van der Waals surface area contributed by atoms with E-state index in [1.807, 2.05) is 0 Å². The molecule has 0 atom stereocenters. The van der Waals surface area contributed by atoms with E-state index in [0.29, 0.717) is 26.2 Å². The minimum Gasteiger partial charge on any atom is -0.465 e. The molecule has 0 amide bonds. The molecule has 0 aromatic rings. The maximum atomic E-state index is 13.0. The van der Waals surface area contributed by atoms with Gasteiger partial charge in [0.1, 0.15) is 6.61 Å². The summed E-state index contributed by atoms with van der Waals surface area (Å²) in [5.41, 5.74) is -0.485. The number of hydrogen-bond acceptors (Lipinski definition) is 7. The normalized spacial score (nSPS) is 12.1. The van der Waals surface area contributed by atoms with Crippen LogP contribution in [0.1, 0.15) is 233 Å². The highest BCUT2D eigenvalue weighted by Gasteiger charge is 2.34. The summed E-state index contributed by atoms with van der Waals surface area (Å²) < 4.78 is 24.7. The van der Waals surface area contributed by atoms with Gasteiger partial charge in [0.15, 0.2) is 0 Å². The Bertz CT molecular complexity index is 797. The standard InChI is InChI=1S/C51H101NO6/c1-5-9-13-17-18-19-20-21-22-23-24-25-26-27-30-33-39-52(41-42-53)40-34-31-28-29-32-38-50(54)58-49-51(46-55-43-35-14-10-6-2,47-56-44-36-15-11-7-3)48-57-45-37-16-12-8-4/h18-19,53H,5-17,20-49H2,1-4H3/b19-18+. The van der Waals surface area contributed by atoms with E-state index in [4.69, 9.17) is 18.9 Å². The van der Waals surface area contributed by atoms with Crippen LogP contribution < -0.4 is 0 Å². The first-order chi connectivity index (χ1) is 28.6. The molecule has 0 spiro atoms. The maximum absolute atomic E-state index is 13.0. The van der Waals surface area contributed by atoms with Crippen LogP contribution in [-0.4, -0.2) is 88.5 Å². The van der Waals surface area contributed by atoms with Crippen molar-refractivity contribution in [2.24, 2.45) is 5.41 Å². The SMILES string of the molecule is CCCCC/C=C/CCCCCCCCCCCN(CCO)CCCCCCCC(=O)OCC(COCCCCCC)(COCCCCCC)COCCCCCC. The van der Waals surface area contributed by atoms with Crippen molar-refractivity contribution < 1.29 is 28.8 Å². The van der Waals surface area contributed by atoms with E-state index in [1.54, 1.807) is 0 Å². The van der Waals surface area contributed by atoms with Crippen molar-refractivity contribution in [3.05, 3.63) is 12.2 Å². The summed E-state index contributed by atoms with van der Waals surface area (Å²) in [5.74, 6) is -0.121. The van der Waals surface area contributed by atoms with E-state index in [9.17, 15) is 9.90 Å². The summed E-state index contributed by atoms with van der Waals surface area (Å²) >= 11 is 0. The number of rotatable bonds is 49. The van der Waals surface area contributed by atoms with Gasteiger partial charge in [-0.2, -0.15) is 0 Å². The predicted molar refractivity (Wildman–Crippen MR) is 249 cm³/mol.